The monoisotopic (exact) mass is 374 g/mol. The first-order valence-electron chi connectivity index (χ1n) is 9.13. The summed E-state index contributed by atoms with van der Waals surface area (Å²) >= 11 is 0. The average molecular weight is 374 g/mol. The van der Waals surface area contributed by atoms with Crippen molar-refractivity contribution in [3.8, 4) is 0 Å². The van der Waals surface area contributed by atoms with Crippen LogP contribution in [-0.4, -0.2) is 57.6 Å². The Balaban J connectivity index is 1.41. The van der Waals surface area contributed by atoms with E-state index in [1.807, 2.05) is 4.68 Å². The van der Waals surface area contributed by atoms with Crippen LogP contribution >= 0.6 is 0 Å². The number of benzene rings is 1. The van der Waals surface area contributed by atoms with Gasteiger partial charge < -0.3 is 9.80 Å². The zero-order chi connectivity index (χ0) is 19.0. The quantitative estimate of drug-likeness (QED) is 0.809. The smallest absolute Gasteiger partial charge is 0.257 e. The Morgan fingerprint density at radius 1 is 0.889 bits per heavy atom. The van der Waals surface area contributed by atoms with E-state index >= 15 is 0 Å². The normalized spacial score (nSPS) is 17.0. The summed E-state index contributed by atoms with van der Waals surface area (Å²) in [7, 11) is 0. The third kappa shape index (κ3) is 3.31. The molecule has 0 atom stereocenters. The van der Waals surface area contributed by atoms with Crippen LogP contribution in [0.2, 0.25) is 0 Å². The number of fused-ring (bicyclic) bond motifs is 1. The molecular weight excluding hydrogens is 354 g/mol. The minimum absolute atomic E-state index is 0.0573. The maximum Gasteiger partial charge on any atom is 0.257 e. The van der Waals surface area contributed by atoms with Crippen LogP contribution in [0, 0.1) is 11.6 Å². The van der Waals surface area contributed by atoms with Gasteiger partial charge in [0.25, 0.3) is 11.8 Å². The second-order valence-corrected chi connectivity index (χ2v) is 6.90. The largest absolute Gasteiger partial charge is 0.335 e. The van der Waals surface area contributed by atoms with Crippen LogP contribution in [0.15, 0.2) is 24.4 Å². The first-order chi connectivity index (χ1) is 13.0. The number of carbonyl (C=O) groups excluding carboxylic acids is 2. The highest BCUT2D eigenvalue weighted by Crippen LogP contribution is 2.20. The lowest BCUT2D eigenvalue weighted by atomic mass is 10.1. The third-order valence-electron chi connectivity index (χ3n) is 5.23. The molecule has 1 aromatic carbocycles. The Labute approximate surface area is 155 Å². The van der Waals surface area contributed by atoms with Gasteiger partial charge in [0.05, 0.1) is 17.5 Å². The van der Waals surface area contributed by atoms with Gasteiger partial charge in [-0.3, -0.25) is 14.3 Å². The summed E-state index contributed by atoms with van der Waals surface area (Å²) in [4.78, 5) is 28.6. The van der Waals surface area contributed by atoms with Crippen LogP contribution in [0.1, 0.15) is 39.3 Å². The van der Waals surface area contributed by atoms with E-state index in [0.29, 0.717) is 31.7 Å². The van der Waals surface area contributed by atoms with Crippen molar-refractivity contribution in [2.45, 2.75) is 25.8 Å². The van der Waals surface area contributed by atoms with Crippen LogP contribution < -0.4 is 0 Å². The molecule has 0 unspecified atom stereocenters. The minimum atomic E-state index is -1.04. The van der Waals surface area contributed by atoms with E-state index in [4.69, 9.17) is 0 Å². The predicted molar refractivity (Wildman–Crippen MR) is 93.3 cm³/mol. The van der Waals surface area contributed by atoms with Gasteiger partial charge in [0.15, 0.2) is 11.6 Å². The van der Waals surface area contributed by atoms with Gasteiger partial charge in [-0.15, -0.1) is 0 Å². The summed E-state index contributed by atoms with van der Waals surface area (Å²) in [6, 6.07) is 3.14. The Kier molecular flexibility index (Phi) is 4.63. The Morgan fingerprint density at radius 2 is 1.59 bits per heavy atom. The number of halogens is 2. The lowest BCUT2D eigenvalue weighted by Crippen LogP contribution is -2.50. The Bertz CT molecular complexity index is 888. The van der Waals surface area contributed by atoms with Crippen molar-refractivity contribution in [2.24, 2.45) is 0 Å². The predicted octanol–water partition coefficient (Wildman–Crippen LogP) is 2.10. The van der Waals surface area contributed by atoms with E-state index < -0.39 is 11.6 Å². The molecule has 142 valence electrons. The van der Waals surface area contributed by atoms with Crippen LogP contribution in [0.4, 0.5) is 8.78 Å². The molecule has 27 heavy (non-hydrogen) atoms. The second kappa shape index (κ2) is 7.09. The maximum atomic E-state index is 13.4. The van der Waals surface area contributed by atoms with E-state index in [9.17, 15) is 18.4 Å². The summed E-state index contributed by atoms with van der Waals surface area (Å²) in [5.41, 5.74) is 1.75. The van der Waals surface area contributed by atoms with Gasteiger partial charge in [-0.25, -0.2) is 8.78 Å². The van der Waals surface area contributed by atoms with Gasteiger partial charge in [0, 0.05) is 38.3 Å². The Hall–Kier alpha value is -2.77. The number of aryl methyl sites for hydroxylation is 1. The number of nitrogens with zero attached hydrogens (tertiary/aromatic N) is 4. The zero-order valence-electron chi connectivity index (χ0n) is 14.8. The van der Waals surface area contributed by atoms with Gasteiger partial charge >= 0.3 is 0 Å². The van der Waals surface area contributed by atoms with Crippen molar-refractivity contribution < 1.29 is 18.4 Å². The molecule has 2 aliphatic rings. The minimum Gasteiger partial charge on any atom is -0.335 e. The van der Waals surface area contributed by atoms with Crippen LogP contribution in [0.5, 0.6) is 0 Å². The maximum absolute atomic E-state index is 13.4. The van der Waals surface area contributed by atoms with Crippen molar-refractivity contribution >= 4 is 11.8 Å². The van der Waals surface area contributed by atoms with Gasteiger partial charge in [-0.05, 0) is 37.5 Å². The van der Waals surface area contributed by atoms with Gasteiger partial charge in [-0.2, -0.15) is 5.10 Å². The molecular formula is C19H20F2N4O2. The molecule has 0 saturated carbocycles. The Morgan fingerprint density at radius 3 is 2.30 bits per heavy atom. The molecule has 0 bridgehead atoms. The van der Waals surface area contributed by atoms with E-state index in [0.717, 1.165) is 43.6 Å². The van der Waals surface area contributed by atoms with Crippen molar-refractivity contribution in [1.82, 2.24) is 19.6 Å². The number of piperazine rings is 1. The van der Waals surface area contributed by atoms with E-state index in [1.54, 1.807) is 16.0 Å². The fourth-order valence-electron chi connectivity index (χ4n) is 3.69. The number of amides is 2. The molecule has 2 amide bonds. The molecule has 8 heteroatoms. The third-order valence-corrected chi connectivity index (χ3v) is 5.23. The molecule has 0 radical (unpaired) electrons. The molecule has 4 rings (SSSR count). The lowest BCUT2D eigenvalue weighted by Gasteiger charge is -2.35. The molecule has 2 aromatic rings. The topological polar surface area (TPSA) is 58.4 Å². The van der Waals surface area contributed by atoms with Crippen LogP contribution in [-0.2, 0) is 13.0 Å². The van der Waals surface area contributed by atoms with Crippen molar-refractivity contribution in [2.75, 3.05) is 26.2 Å². The van der Waals surface area contributed by atoms with Crippen LogP contribution in [0.25, 0.3) is 0 Å². The summed E-state index contributed by atoms with van der Waals surface area (Å²) in [6.45, 7) is 2.36. The summed E-state index contributed by atoms with van der Waals surface area (Å²) < 4.78 is 28.3. The van der Waals surface area contributed by atoms with E-state index in [1.165, 1.54) is 6.07 Å². The highest BCUT2D eigenvalue weighted by molar-refractivity contribution is 5.96. The molecule has 6 nitrogen and oxygen atoms in total. The van der Waals surface area contributed by atoms with Crippen LogP contribution in [0.3, 0.4) is 0 Å². The molecule has 1 aromatic heterocycles. The fourth-order valence-corrected chi connectivity index (χ4v) is 3.69. The van der Waals surface area contributed by atoms with Gasteiger partial charge in [0.2, 0.25) is 0 Å². The number of aromatic nitrogens is 2. The SMILES string of the molecule is O=C(c1ccc(F)c(F)c1)N1CCN(C(=O)c2cnn3c2CCCC3)CC1. The molecule has 0 N–H and O–H groups in total. The number of hydrogen-bond donors (Lipinski definition) is 0. The van der Waals surface area contributed by atoms with E-state index in [2.05, 4.69) is 5.10 Å². The van der Waals surface area contributed by atoms with E-state index in [-0.39, 0.29) is 17.4 Å². The summed E-state index contributed by atoms with van der Waals surface area (Å²) in [5.74, 6) is -2.44. The molecule has 2 aliphatic heterocycles. The van der Waals surface area contributed by atoms with Crippen molar-refractivity contribution in [3.05, 3.63) is 52.9 Å². The lowest BCUT2D eigenvalue weighted by molar-refractivity contribution is 0.0534. The fraction of sp³-hybridized carbons (Fsp3) is 0.421. The summed E-state index contributed by atoms with van der Waals surface area (Å²) in [6.07, 6.45) is 4.63. The number of carbonyl (C=O) groups is 2. The van der Waals surface area contributed by atoms with Crippen molar-refractivity contribution in [1.29, 1.82) is 0 Å². The average Bonchev–Trinajstić information content (AvgIpc) is 3.13. The van der Waals surface area contributed by atoms with Gasteiger partial charge in [0.1, 0.15) is 0 Å². The first kappa shape index (κ1) is 17.6. The zero-order valence-corrected chi connectivity index (χ0v) is 14.8. The molecule has 3 heterocycles. The number of rotatable bonds is 2. The van der Waals surface area contributed by atoms with Gasteiger partial charge in [-0.1, -0.05) is 0 Å². The van der Waals surface area contributed by atoms with Crippen molar-refractivity contribution in [3.63, 3.8) is 0 Å². The standard InChI is InChI=1S/C19H20F2N4O2/c20-15-5-4-13(11-16(15)21)18(26)23-7-9-24(10-8-23)19(27)14-12-22-25-6-2-1-3-17(14)25/h4-5,11-12H,1-3,6-10H2. The highest BCUT2D eigenvalue weighted by atomic mass is 19.2. The number of hydrogen-bond acceptors (Lipinski definition) is 3. The summed E-state index contributed by atoms with van der Waals surface area (Å²) in [5, 5.41) is 4.31. The molecule has 0 aliphatic carbocycles. The highest BCUT2D eigenvalue weighted by Gasteiger charge is 2.28. The first-order valence-corrected chi connectivity index (χ1v) is 9.13. The molecule has 1 saturated heterocycles. The second-order valence-electron chi connectivity index (χ2n) is 6.90. The molecule has 1 fully saturated rings. The molecule has 0 spiro atoms.